The van der Waals surface area contributed by atoms with Crippen LogP contribution in [-0.4, -0.2) is 14.7 Å². The van der Waals surface area contributed by atoms with E-state index in [0.29, 0.717) is 11.6 Å². The number of hydrogen-bond donors (Lipinski definition) is 1. The predicted octanol–water partition coefficient (Wildman–Crippen LogP) is 3.47. The van der Waals surface area contributed by atoms with Crippen molar-refractivity contribution in [3.63, 3.8) is 0 Å². The number of aromatic nitrogens is 2. The molecular formula is C15H19ClN2O. The van der Waals surface area contributed by atoms with Crippen LogP contribution >= 0.6 is 11.6 Å². The first-order valence-electron chi connectivity index (χ1n) is 6.50. The fourth-order valence-electron chi connectivity index (χ4n) is 2.27. The van der Waals surface area contributed by atoms with Crippen LogP contribution in [0.4, 0.5) is 0 Å². The van der Waals surface area contributed by atoms with E-state index in [0.717, 1.165) is 12.0 Å². The zero-order chi connectivity index (χ0) is 13.9. The Balaban J connectivity index is 2.36. The third-order valence-electron chi connectivity index (χ3n) is 3.75. The summed E-state index contributed by atoms with van der Waals surface area (Å²) in [5.41, 5.74) is -0.0278. The summed E-state index contributed by atoms with van der Waals surface area (Å²) in [5.74, 6) is 0.135. The second-order valence-corrected chi connectivity index (χ2v) is 5.41. The van der Waals surface area contributed by atoms with Crippen molar-refractivity contribution in [2.75, 3.05) is 0 Å². The molecule has 2 rings (SSSR count). The Hall–Kier alpha value is -1.32. The first-order valence-corrected chi connectivity index (χ1v) is 6.88. The van der Waals surface area contributed by atoms with Gasteiger partial charge in [0.2, 0.25) is 0 Å². The summed E-state index contributed by atoms with van der Waals surface area (Å²) in [4.78, 5) is 4.03. The second-order valence-electron chi connectivity index (χ2n) is 4.98. The molecule has 19 heavy (non-hydrogen) atoms. The maximum atomic E-state index is 11.1. The van der Waals surface area contributed by atoms with E-state index in [9.17, 15) is 5.11 Å². The van der Waals surface area contributed by atoms with Crippen LogP contribution in [0.3, 0.4) is 0 Å². The molecule has 0 radical (unpaired) electrons. The van der Waals surface area contributed by atoms with Gasteiger partial charge in [-0.25, -0.2) is 4.98 Å². The van der Waals surface area contributed by atoms with E-state index in [4.69, 9.17) is 11.6 Å². The van der Waals surface area contributed by atoms with Crippen LogP contribution < -0.4 is 0 Å². The monoisotopic (exact) mass is 278 g/mol. The Morgan fingerprint density at radius 3 is 2.58 bits per heavy atom. The minimum atomic E-state index is -0.917. The van der Waals surface area contributed by atoms with Crippen LogP contribution in [0.15, 0.2) is 43.0 Å². The molecule has 0 aliphatic heterocycles. The highest BCUT2D eigenvalue weighted by Gasteiger charge is 2.35. The number of nitrogens with zero attached hydrogens (tertiary/aromatic N) is 2. The van der Waals surface area contributed by atoms with Crippen LogP contribution in [0.1, 0.15) is 25.8 Å². The van der Waals surface area contributed by atoms with Crippen molar-refractivity contribution in [3.8, 4) is 0 Å². The minimum absolute atomic E-state index is 0.135. The van der Waals surface area contributed by atoms with Crippen LogP contribution in [0.2, 0.25) is 5.02 Å². The van der Waals surface area contributed by atoms with Crippen molar-refractivity contribution in [2.45, 2.75) is 32.4 Å². The summed E-state index contributed by atoms with van der Waals surface area (Å²) in [7, 11) is 0. The molecule has 102 valence electrons. The average Bonchev–Trinajstić information content (AvgIpc) is 2.91. The highest BCUT2D eigenvalue weighted by atomic mass is 35.5. The van der Waals surface area contributed by atoms with Crippen LogP contribution in [0, 0.1) is 5.92 Å². The van der Waals surface area contributed by atoms with Crippen LogP contribution in [0.5, 0.6) is 0 Å². The molecule has 0 saturated heterocycles. The van der Waals surface area contributed by atoms with Gasteiger partial charge in [0.1, 0.15) is 5.60 Å². The Morgan fingerprint density at radius 2 is 2.05 bits per heavy atom. The van der Waals surface area contributed by atoms with Crippen molar-refractivity contribution in [1.82, 2.24) is 9.55 Å². The SMILES string of the molecule is CCC(C)C(O)(Cn1ccnc1)c1ccc(Cl)cc1. The van der Waals surface area contributed by atoms with Gasteiger partial charge in [-0.15, -0.1) is 0 Å². The topological polar surface area (TPSA) is 38.0 Å². The lowest BCUT2D eigenvalue weighted by Crippen LogP contribution is -2.37. The maximum Gasteiger partial charge on any atom is 0.110 e. The number of halogens is 1. The standard InChI is InChI=1S/C15H19ClN2O/c1-3-12(2)15(19,10-18-9-8-17-11-18)13-4-6-14(16)7-5-13/h4-9,11-12,19H,3,10H2,1-2H3. The molecule has 4 heteroatoms. The van der Waals surface area contributed by atoms with Crippen LogP contribution in [0.25, 0.3) is 0 Å². The molecule has 1 aromatic carbocycles. The predicted molar refractivity (Wildman–Crippen MR) is 77.0 cm³/mol. The number of rotatable bonds is 5. The zero-order valence-corrected chi connectivity index (χ0v) is 12.0. The summed E-state index contributed by atoms with van der Waals surface area (Å²) in [6.07, 6.45) is 6.21. The van der Waals surface area contributed by atoms with Crippen molar-refractivity contribution in [3.05, 3.63) is 53.6 Å². The average molecular weight is 279 g/mol. The van der Waals surface area contributed by atoms with E-state index in [2.05, 4.69) is 18.8 Å². The number of benzene rings is 1. The van der Waals surface area contributed by atoms with Gasteiger partial charge in [0.25, 0.3) is 0 Å². The second kappa shape index (κ2) is 5.76. The summed E-state index contributed by atoms with van der Waals surface area (Å²) in [6, 6.07) is 7.42. The molecule has 2 atom stereocenters. The molecule has 0 aliphatic carbocycles. The number of imidazole rings is 1. The largest absolute Gasteiger partial charge is 0.383 e. The fourth-order valence-corrected chi connectivity index (χ4v) is 2.39. The van der Waals surface area contributed by atoms with E-state index in [1.807, 2.05) is 35.0 Å². The van der Waals surface area contributed by atoms with Crippen molar-refractivity contribution in [1.29, 1.82) is 0 Å². The van der Waals surface area contributed by atoms with E-state index in [1.54, 1.807) is 12.5 Å². The first-order chi connectivity index (χ1) is 9.06. The van der Waals surface area contributed by atoms with Gasteiger partial charge in [0, 0.05) is 17.4 Å². The first kappa shape index (κ1) is 14.1. The molecule has 3 nitrogen and oxygen atoms in total. The smallest absolute Gasteiger partial charge is 0.110 e. The Bertz CT molecular complexity index is 509. The van der Waals surface area contributed by atoms with Gasteiger partial charge in [-0.1, -0.05) is 44.0 Å². The maximum absolute atomic E-state index is 11.1. The molecule has 0 aliphatic rings. The van der Waals surface area contributed by atoms with Gasteiger partial charge in [0.15, 0.2) is 0 Å². The molecule has 1 heterocycles. The van der Waals surface area contributed by atoms with Crippen LogP contribution in [-0.2, 0) is 12.1 Å². The third kappa shape index (κ3) is 2.99. The Labute approximate surface area is 118 Å². The van der Waals surface area contributed by atoms with E-state index >= 15 is 0 Å². The number of aliphatic hydroxyl groups is 1. The lowest BCUT2D eigenvalue weighted by molar-refractivity contribution is -0.0346. The Morgan fingerprint density at radius 1 is 1.37 bits per heavy atom. The zero-order valence-electron chi connectivity index (χ0n) is 11.3. The molecule has 0 saturated carbocycles. The normalized spacial score (nSPS) is 16.0. The lowest BCUT2D eigenvalue weighted by Gasteiger charge is -2.34. The molecule has 0 spiro atoms. The Kier molecular flexibility index (Phi) is 4.27. The lowest BCUT2D eigenvalue weighted by atomic mass is 9.80. The van der Waals surface area contributed by atoms with E-state index < -0.39 is 5.60 Å². The minimum Gasteiger partial charge on any atom is -0.383 e. The molecule has 1 N–H and O–H groups in total. The van der Waals surface area contributed by atoms with Gasteiger partial charge in [0.05, 0.1) is 12.9 Å². The van der Waals surface area contributed by atoms with Gasteiger partial charge in [-0.3, -0.25) is 0 Å². The van der Waals surface area contributed by atoms with Crippen molar-refractivity contribution >= 4 is 11.6 Å². The molecule has 1 aromatic heterocycles. The van der Waals surface area contributed by atoms with Gasteiger partial charge < -0.3 is 9.67 Å². The summed E-state index contributed by atoms with van der Waals surface area (Å²) >= 11 is 5.92. The molecule has 0 amide bonds. The summed E-state index contributed by atoms with van der Waals surface area (Å²) in [5, 5.41) is 11.8. The summed E-state index contributed by atoms with van der Waals surface area (Å²) in [6.45, 7) is 4.63. The van der Waals surface area contributed by atoms with Crippen molar-refractivity contribution in [2.24, 2.45) is 5.92 Å². The third-order valence-corrected chi connectivity index (χ3v) is 4.01. The van der Waals surface area contributed by atoms with Crippen molar-refractivity contribution < 1.29 is 5.11 Å². The fraction of sp³-hybridized carbons (Fsp3) is 0.400. The molecule has 2 aromatic rings. The molecule has 0 bridgehead atoms. The quantitative estimate of drug-likeness (QED) is 0.909. The highest BCUT2D eigenvalue weighted by Crippen LogP contribution is 2.34. The van der Waals surface area contributed by atoms with E-state index in [1.165, 1.54) is 0 Å². The molecular weight excluding hydrogens is 260 g/mol. The highest BCUT2D eigenvalue weighted by molar-refractivity contribution is 6.30. The van der Waals surface area contributed by atoms with Gasteiger partial charge >= 0.3 is 0 Å². The molecule has 0 fully saturated rings. The van der Waals surface area contributed by atoms with Gasteiger partial charge in [-0.2, -0.15) is 0 Å². The summed E-state index contributed by atoms with van der Waals surface area (Å²) < 4.78 is 1.90. The van der Waals surface area contributed by atoms with E-state index in [-0.39, 0.29) is 5.92 Å². The number of hydrogen-bond acceptors (Lipinski definition) is 2. The van der Waals surface area contributed by atoms with Gasteiger partial charge in [-0.05, 0) is 23.6 Å². The molecule has 2 unspecified atom stereocenters.